The summed E-state index contributed by atoms with van der Waals surface area (Å²) in [5.74, 6) is 1.17. The molecule has 0 saturated heterocycles. The Labute approximate surface area is 165 Å². The monoisotopic (exact) mass is 394 g/mol. The SMILES string of the molecule is CC(Sc1ncnc2sc3c(c12)CCCC3)c1nnc(-c2ccccc2)o1. The van der Waals surface area contributed by atoms with Crippen LogP contribution in [0.4, 0.5) is 0 Å². The van der Waals surface area contributed by atoms with Gasteiger partial charge in [0.25, 0.3) is 0 Å². The van der Waals surface area contributed by atoms with Gasteiger partial charge in [-0.1, -0.05) is 30.0 Å². The number of thiophene rings is 1. The molecule has 4 aromatic rings. The van der Waals surface area contributed by atoms with Crippen LogP contribution in [0.25, 0.3) is 21.7 Å². The number of aryl methyl sites for hydroxylation is 2. The van der Waals surface area contributed by atoms with Crippen LogP contribution in [-0.2, 0) is 12.8 Å². The Bertz CT molecular complexity index is 1090. The molecular formula is C20H18N4OS2. The molecule has 0 fully saturated rings. The zero-order valence-electron chi connectivity index (χ0n) is 14.9. The number of fused-ring (bicyclic) bond motifs is 3. The summed E-state index contributed by atoms with van der Waals surface area (Å²) in [4.78, 5) is 11.7. The largest absolute Gasteiger partial charge is 0.419 e. The fourth-order valence-electron chi connectivity index (χ4n) is 3.46. The predicted octanol–water partition coefficient (Wildman–Crippen LogP) is 5.47. The Morgan fingerprint density at radius 1 is 1.07 bits per heavy atom. The van der Waals surface area contributed by atoms with E-state index in [9.17, 15) is 0 Å². The molecule has 0 N–H and O–H groups in total. The Hall–Kier alpha value is -2.25. The van der Waals surface area contributed by atoms with Crippen molar-refractivity contribution in [3.8, 4) is 11.5 Å². The maximum Gasteiger partial charge on any atom is 0.247 e. The first-order valence-corrected chi connectivity index (χ1v) is 10.8. The molecule has 1 aliphatic carbocycles. The van der Waals surface area contributed by atoms with Crippen LogP contribution in [-0.4, -0.2) is 20.2 Å². The van der Waals surface area contributed by atoms with Crippen LogP contribution in [0, 0.1) is 0 Å². The van der Waals surface area contributed by atoms with Crippen LogP contribution in [0.15, 0.2) is 46.1 Å². The van der Waals surface area contributed by atoms with Crippen LogP contribution < -0.4 is 0 Å². The molecule has 1 atom stereocenters. The second kappa shape index (κ2) is 7.05. The quantitative estimate of drug-likeness (QED) is 0.338. The summed E-state index contributed by atoms with van der Waals surface area (Å²) in [6, 6.07) is 9.85. The zero-order valence-corrected chi connectivity index (χ0v) is 16.5. The Balaban J connectivity index is 1.45. The second-order valence-corrected chi connectivity index (χ2v) is 9.05. The molecule has 0 aliphatic heterocycles. The fraction of sp³-hybridized carbons (Fsp3) is 0.300. The van der Waals surface area contributed by atoms with Gasteiger partial charge < -0.3 is 4.42 Å². The highest BCUT2D eigenvalue weighted by Gasteiger charge is 2.23. The van der Waals surface area contributed by atoms with Crippen LogP contribution >= 0.6 is 23.1 Å². The van der Waals surface area contributed by atoms with Gasteiger partial charge in [0, 0.05) is 15.8 Å². The summed E-state index contributed by atoms with van der Waals surface area (Å²) in [6.45, 7) is 2.08. The molecule has 1 aromatic carbocycles. The third kappa shape index (κ3) is 3.15. The molecule has 1 unspecified atom stereocenters. The van der Waals surface area contributed by atoms with E-state index >= 15 is 0 Å². The lowest BCUT2D eigenvalue weighted by Gasteiger charge is -2.12. The zero-order chi connectivity index (χ0) is 18.2. The van der Waals surface area contributed by atoms with Gasteiger partial charge in [0.2, 0.25) is 11.8 Å². The van der Waals surface area contributed by atoms with Crippen molar-refractivity contribution >= 4 is 33.3 Å². The van der Waals surface area contributed by atoms with Crippen molar-refractivity contribution in [2.45, 2.75) is 42.9 Å². The molecule has 0 bridgehead atoms. The highest BCUT2D eigenvalue weighted by Crippen LogP contribution is 2.43. The average Bonchev–Trinajstić information content (AvgIpc) is 3.34. The average molecular weight is 395 g/mol. The topological polar surface area (TPSA) is 64.7 Å². The molecule has 3 heterocycles. The van der Waals surface area contributed by atoms with Gasteiger partial charge in [-0.05, 0) is 50.3 Å². The van der Waals surface area contributed by atoms with E-state index in [4.69, 9.17) is 4.42 Å². The highest BCUT2D eigenvalue weighted by molar-refractivity contribution is 7.99. The van der Waals surface area contributed by atoms with Gasteiger partial charge >= 0.3 is 0 Å². The number of hydrogen-bond acceptors (Lipinski definition) is 7. The van der Waals surface area contributed by atoms with E-state index in [2.05, 4.69) is 27.1 Å². The normalized spacial score (nSPS) is 15.0. The third-order valence-electron chi connectivity index (χ3n) is 4.81. The number of aromatic nitrogens is 4. The van der Waals surface area contributed by atoms with Gasteiger partial charge in [0.15, 0.2) is 0 Å². The maximum absolute atomic E-state index is 5.93. The molecule has 5 nitrogen and oxygen atoms in total. The Kier molecular flexibility index (Phi) is 4.41. The highest BCUT2D eigenvalue weighted by atomic mass is 32.2. The molecule has 0 spiro atoms. The van der Waals surface area contributed by atoms with Crippen molar-refractivity contribution in [2.75, 3.05) is 0 Å². The lowest BCUT2D eigenvalue weighted by Crippen LogP contribution is -1.99. The molecule has 3 aromatic heterocycles. The third-order valence-corrected chi connectivity index (χ3v) is 7.10. The summed E-state index contributed by atoms with van der Waals surface area (Å²) in [5.41, 5.74) is 2.39. The molecule has 1 aliphatic rings. The summed E-state index contributed by atoms with van der Waals surface area (Å²) >= 11 is 3.49. The van der Waals surface area contributed by atoms with Crippen LogP contribution in [0.2, 0.25) is 0 Å². The van der Waals surface area contributed by atoms with Crippen molar-refractivity contribution in [2.24, 2.45) is 0 Å². The van der Waals surface area contributed by atoms with Gasteiger partial charge in [-0.3, -0.25) is 0 Å². The van der Waals surface area contributed by atoms with Crippen molar-refractivity contribution in [1.29, 1.82) is 0 Å². The number of nitrogens with zero attached hydrogens (tertiary/aromatic N) is 4. The smallest absolute Gasteiger partial charge is 0.247 e. The first kappa shape index (κ1) is 16.9. The van der Waals surface area contributed by atoms with Gasteiger partial charge in [-0.2, -0.15) is 0 Å². The molecule has 27 heavy (non-hydrogen) atoms. The van der Waals surface area contributed by atoms with Crippen molar-refractivity contribution < 1.29 is 4.42 Å². The Morgan fingerprint density at radius 3 is 2.81 bits per heavy atom. The van der Waals surface area contributed by atoms with Gasteiger partial charge in [0.05, 0.1) is 5.25 Å². The molecule has 7 heteroatoms. The molecular weight excluding hydrogens is 376 g/mol. The van der Waals surface area contributed by atoms with E-state index in [1.54, 1.807) is 18.1 Å². The number of hydrogen-bond donors (Lipinski definition) is 0. The molecule has 136 valence electrons. The summed E-state index contributed by atoms with van der Waals surface area (Å²) in [6.07, 6.45) is 6.49. The minimum absolute atomic E-state index is 0.0206. The van der Waals surface area contributed by atoms with E-state index in [0.717, 1.165) is 21.8 Å². The van der Waals surface area contributed by atoms with E-state index in [1.165, 1.54) is 35.1 Å². The van der Waals surface area contributed by atoms with Crippen LogP contribution in [0.5, 0.6) is 0 Å². The van der Waals surface area contributed by atoms with Crippen molar-refractivity contribution in [3.63, 3.8) is 0 Å². The maximum atomic E-state index is 5.93. The fourth-order valence-corrected chi connectivity index (χ4v) is 5.73. The summed E-state index contributed by atoms with van der Waals surface area (Å²) in [7, 11) is 0. The first-order valence-electron chi connectivity index (χ1n) is 9.10. The summed E-state index contributed by atoms with van der Waals surface area (Å²) < 4.78 is 5.93. The van der Waals surface area contributed by atoms with Crippen molar-refractivity contribution in [1.82, 2.24) is 20.2 Å². The molecule has 5 rings (SSSR count). The molecule has 0 saturated carbocycles. The van der Waals surface area contributed by atoms with Crippen molar-refractivity contribution in [3.05, 3.63) is 53.0 Å². The van der Waals surface area contributed by atoms with Gasteiger partial charge in [-0.15, -0.1) is 21.5 Å². The lowest BCUT2D eigenvalue weighted by atomic mass is 9.97. The molecule has 0 radical (unpaired) electrons. The van der Waals surface area contributed by atoms with Crippen LogP contribution in [0.3, 0.4) is 0 Å². The van der Waals surface area contributed by atoms with E-state index in [1.807, 2.05) is 41.7 Å². The first-order chi connectivity index (χ1) is 13.3. The minimum atomic E-state index is 0.0206. The minimum Gasteiger partial charge on any atom is -0.419 e. The Morgan fingerprint density at radius 2 is 1.93 bits per heavy atom. The predicted molar refractivity (Wildman–Crippen MR) is 108 cm³/mol. The van der Waals surface area contributed by atoms with E-state index in [-0.39, 0.29) is 5.25 Å². The number of rotatable bonds is 4. The number of benzene rings is 1. The standard InChI is InChI=1S/C20H18N4OS2/c1-12(17-23-24-18(25-17)13-7-3-2-4-8-13)26-19-16-14-9-5-6-10-15(14)27-20(16)22-11-21-19/h2-4,7-8,11-12H,5-6,9-10H2,1H3. The lowest BCUT2D eigenvalue weighted by molar-refractivity contribution is 0.509. The number of thioether (sulfide) groups is 1. The van der Waals surface area contributed by atoms with E-state index < -0.39 is 0 Å². The van der Waals surface area contributed by atoms with E-state index in [0.29, 0.717) is 11.8 Å². The van der Waals surface area contributed by atoms with Gasteiger partial charge in [-0.25, -0.2) is 9.97 Å². The molecule has 0 amide bonds. The second-order valence-electron chi connectivity index (χ2n) is 6.64. The summed E-state index contributed by atoms with van der Waals surface area (Å²) in [5, 5.41) is 10.8. The van der Waals surface area contributed by atoms with Crippen LogP contribution in [0.1, 0.15) is 41.3 Å². The van der Waals surface area contributed by atoms with Gasteiger partial charge in [0.1, 0.15) is 16.2 Å².